The Morgan fingerprint density at radius 3 is 1.18 bits per heavy atom. The summed E-state index contributed by atoms with van der Waals surface area (Å²) >= 11 is 0. The molecule has 1 heteroatoms. The van der Waals surface area contributed by atoms with E-state index in [9.17, 15) is 5.26 Å². The van der Waals surface area contributed by atoms with Crippen LogP contribution >= 0.6 is 0 Å². The smallest absolute Gasteiger partial charge is 0.0624 e. The molecule has 0 aromatic heterocycles. The van der Waals surface area contributed by atoms with Gasteiger partial charge >= 0.3 is 0 Å². The number of allylic oxidation sites excluding steroid dienone is 12. The number of nitriles is 1. The van der Waals surface area contributed by atoms with Gasteiger partial charge in [-0.1, -0.05) is 69.9 Å². The van der Waals surface area contributed by atoms with Crippen LogP contribution in [0.5, 0.6) is 0 Å². The van der Waals surface area contributed by atoms with Crippen molar-refractivity contribution in [2.45, 2.75) is 126 Å². The highest BCUT2D eigenvalue weighted by Gasteiger charge is 2.06. The first-order chi connectivity index (χ1) is 16.1. The summed E-state index contributed by atoms with van der Waals surface area (Å²) in [5, 5.41) is 9.27. The van der Waals surface area contributed by atoms with Gasteiger partial charge in [-0.05, 0) is 126 Å². The molecule has 0 N–H and O–H groups in total. The molecule has 0 aromatic rings. The van der Waals surface area contributed by atoms with E-state index < -0.39 is 0 Å². The van der Waals surface area contributed by atoms with E-state index in [4.69, 9.17) is 0 Å². The van der Waals surface area contributed by atoms with Crippen molar-refractivity contribution < 1.29 is 0 Å². The van der Waals surface area contributed by atoms with Crippen LogP contribution in [0, 0.1) is 17.2 Å². The SMILES string of the molecule is CC(C)=CCC/C(C)=C/CC/C(C)=C/CC(CC#N)C/C=C(\C)CC/C=C(\C)CCC=C(C)C. The van der Waals surface area contributed by atoms with E-state index in [1.807, 2.05) is 0 Å². The van der Waals surface area contributed by atoms with E-state index in [0.717, 1.165) is 64.2 Å². The molecule has 0 amide bonds. The highest BCUT2D eigenvalue weighted by Crippen LogP contribution is 2.20. The van der Waals surface area contributed by atoms with Crippen molar-refractivity contribution in [3.05, 3.63) is 69.9 Å². The van der Waals surface area contributed by atoms with Crippen LogP contribution in [0.1, 0.15) is 126 Å². The van der Waals surface area contributed by atoms with Crippen molar-refractivity contribution in [3.63, 3.8) is 0 Å². The van der Waals surface area contributed by atoms with Crippen LogP contribution in [0.4, 0.5) is 0 Å². The Hall–Kier alpha value is -2.07. The van der Waals surface area contributed by atoms with Crippen molar-refractivity contribution in [1.82, 2.24) is 0 Å². The number of hydrogen-bond donors (Lipinski definition) is 0. The molecule has 1 nitrogen and oxygen atoms in total. The molecule has 190 valence electrons. The topological polar surface area (TPSA) is 23.8 Å². The monoisotopic (exact) mass is 463 g/mol. The van der Waals surface area contributed by atoms with E-state index in [-0.39, 0.29) is 0 Å². The van der Waals surface area contributed by atoms with Crippen molar-refractivity contribution in [3.8, 4) is 6.07 Å². The lowest BCUT2D eigenvalue weighted by Gasteiger charge is -2.10. The molecule has 0 unspecified atom stereocenters. The lowest BCUT2D eigenvalue weighted by Crippen LogP contribution is -1.97. The minimum absolute atomic E-state index is 0.428. The fourth-order valence-electron chi connectivity index (χ4n) is 3.81. The Kier molecular flexibility index (Phi) is 19.1. The lowest BCUT2D eigenvalue weighted by molar-refractivity contribution is 0.551. The van der Waals surface area contributed by atoms with Crippen LogP contribution in [0.15, 0.2) is 69.9 Å². The summed E-state index contributed by atoms with van der Waals surface area (Å²) in [4.78, 5) is 0. The summed E-state index contributed by atoms with van der Waals surface area (Å²) in [6.45, 7) is 17.6. The van der Waals surface area contributed by atoms with Crippen molar-refractivity contribution in [2.24, 2.45) is 5.92 Å². The molecule has 0 aliphatic heterocycles. The molecule has 0 aromatic carbocycles. The number of rotatable bonds is 17. The van der Waals surface area contributed by atoms with Gasteiger partial charge in [0.25, 0.3) is 0 Å². The molecule has 0 atom stereocenters. The highest BCUT2D eigenvalue weighted by atomic mass is 14.2. The second kappa shape index (κ2) is 20.3. The largest absolute Gasteiger partial charge is 0.198 e. The molecule has 0 radical (unpaired) electrons. The zero-order valence-electron chi connectivity index (χ0n) is 23.8. The van der Waals surface area contributed by atoms with Gasteiger partial charge in [0.2, 0.25) is 0 Å². The van der Waals surface area contributed by atoms with Crippen LogP contribution in [0.3, 0.4) is 0 Å². The first-order valence-electron chi connectivity index (χ1n) is 13.4. The number of hydrogen-bond acceptors (Lipinski definition) is 1. The Morgan fingerprint density at radius 2 is 0.853 bits per heavy atom. The van der Waals surface area contributed by atoms with Crippen molar-refractivity contribution >= 4 is 0 Å². The zero-order valence-corrected chi connectivity index (χ0v) is 23.8. The fourth-order valence-corrected chi connectivity index (χ4v) is 3.81. The highest BCUT2D eigenvalue weighted by molar-refractivity contribution is 5.08. The molecule has 34 heavy (non-hydrogen) atoms. The molecule has 0 saturated heterocycles. The van der Waals surface area contributed by atoms with Gasteiger partial charge in [-0.25, -0.2) is 0 Å². The standard InChI is InChI=1S/C33H53N/c1-27(2)13-9-15-29(5)17-11-19-31(7)21-23-33(25-26-34)24-22-32(8)20-12-18-30(6)16-10-14-28(3)4/h13-14,17-18,21-22,33H,9-12,15-16,19-20,23-25H2,1-8H3/b29-17+,30-18+,31-21+,32-22+. The third kappa shape index (κ3) is 20.5. The summed E-state index contributed by atoms with van der Waals surface area (Å²) in [7, 11) is 0. The van der Waals surface area contributed by atoms with Gasteiger partial charge in [-0.2, -0.15) is 5.26 Å². The van der Waals surface area contributed by atoms with Crippen molar-refractivity contribution in [1.29, 1.82) is 5.26 Å². The average molecular weight is 464 g/mol. The summed E-state index contributed by atoms with van der Waals surface area (Å²) in [6.07, 6.45) is 25.9. The van der Waals surface area contributed by atoms with Crippen LogP contribution in [0.2, 0.25) is 0 Å². The van der Waals surface area contributed by atoms with Gasteiger partial charge in [-0.3, -0.25) is 0 Å². The summed E-state index contributed by atoms with van der Waals surface area (Å²) < 4.78 is 0. The van der Waals surface area contributed by atoms with E-state index in [0.29, 0.717) is 12.3 Å². The van der Waals surface area contributed by atoms with Gasteiger partial charge in [0.15, 0.2) is 0 Å². The van der Waals surface area contributed by atoms with Gasteiger partial charge in [0.05, 0.1) is 6.07 Å². The van der Waals surface area contributed by atoms with Gasteiger partial charge in [0, 0.05) is 6.42 Å². The van der Waals surface area contributed by atoms with Gasteiger partial charge < -0.3 is 0 Å². The predicted octanol–water partition coefficient (Wildman–Crippen LogP) is 11.1. The maximum atomic E-state index is 9.27. The summed E-state index contributed by atoms with van der Waals surface area (Å²) in [6, 6.07) is 2.40. The van der Waals surface area contributed by atoms with Crippen LogP contribution in [-0.4, -0.2) is 0 Å². The van der Waals surface area contributed by atoms with E-state index in [1.165, 1.54) is 33.4 Å². The maximum absolute atomic E-state index is 9.27. The van der Waals surface area contributed by atoms with Gasteiger partial charge in [0.1, 0.15) is 0 Å². The quantitative estimate of drug-likeness (QED) is 0.197. The molecular weight excluding hydrogens is 410 g/mol. The van der Waals surface area contributed by atoms with E-state index in [2.05, 4.69) is 97.9 Å². The maximum Gasteiger partial charge on any atom is 0.0624 e. The lowest BCUT2D eigenvalue weighted by atomic mass is 9.94. The zero-order chi connectivity index (χ0) is 25.8. The molecule has 0 bridgehead atoms. The Bertz CT molecular complexity index is 721. The molecule has 0 fully saturated rings. The van der Waals surface area contributed by atoms with E-state index in [1.54, 1.807) is 0 Å². The Labute approximate surface area is 213 Å². The van der Waals surface area contributed by atoms with E-state index >= 15 is 0 Å². The molecule has 0 spiro atoms. The number of nitrogens with zero attached hydrogens (tertiary/aromatic N) is 1. The second-order valence-corrected chi connectivity index (χ2v) is 10.6. The minimum Gasteiger partial charge on any atom is -0.198 e. The van der Waals surface area contributed by atoms with Gasteiger partial charge in [-0.15, -0.1) is 0 Å². The first kappa shape index (κ1) is 31.9. The van der Waals surface area contributed by atoms with Crippen molar-refractivity contribution in [2.75, 3.05) is 0 Å². The Morgan fingerprint density at radius 1 is 0.529 bits per heavy atom. The third-order valence-corrected chi connectivity index (χ3v) is 6.22. The predicted molar refractivity (Wildman–Crippen MR) is 154 cm³/mol. The fraction of sp³-hybridized carbons (Fsp3) is 0.606. The van der Waals surface area contributed by atoms with Crippen LogP contribution in [0.25, 0.3) is 0 Å². The minimum atomic E-state index is 0.428. The first-order valence-corrected chi connectivity index (χ1v) is 13.4. The molecule has 0 rings (SSSR count). The molecule has 0 aliphatic rings. The Balaban J connectivity index is 4.48. The molecule has 0 aliphatic carbocycles. The second-order valence-electron chi connectivity index (χ2n) is 10.6. The van der Waals surface area contributed by atoms with Crippen LogP contribution in [-0.2, 0) is 0 Å². The molecular formula is C33H53N. The van der Waals surface area contributed by atoms with Crippen LogP contribution < -0.4 is 0 Å². The molecule has 0 saturated carbocycles. The normalized spacial score (nSPS) is 14.0. The summed E-state index contributed by atoms with van der Waals surface area (Å²) in [5.41, 5.74) is 8.69. The average Bonchev–Trinajstić information content (AvgIpc) is 2.75. The summed E-state index contributed by atoms with van der Waals surface area (Å²) in [5.74, 6) is 0.428. The third-order valence-electron chi connectivity index (χ3n) is 6.22. The molecule has 0 heterocycles.